The van der Waals surface area contributed by atoms with E-state index in [2.05, 4.69) is 22.2 Å². The first-order valence-corrected chi connectivity index (χ1v) is 4.19. The first kappa shape index (κ1) is 8.04. The molecule has 0 bridgehead atoms. The molecule has 0 saturated heterocycles. The maximum absolute atomic E-state index is 4.34. The monoisotopic (exact) mass is 176 g/mol. The summed E-state index contributed by atoms with van der Waals surface area (Å²) in [5.41, 5.74) is 4.49. The van der Waals surface area contributed by atoms with Crippen molar-refractivity contribution in [3.8, 4) is 11.1 Å². The van der Waals surface area contributed by atoms with E-state index in [1.54, 1.807) is 0 Å². The van der Waals surface area contributed by atoms with E-state index in [4.69, 9.17) is 0 Å². The van der Waals surface area contributed by atoms with Gasteiger partial charge in [-0.1, -0.05) is 0 Å². The molecule has 0 saturated carbocycles. The van der Waals surface area contributed by atoms with Crippen LogP contribution in [-0.2, 0) is 7.05 Å². The summed E-state index contributed by atoms with van der Waals surface area (Å²) >= 11 is 0. The fourth-order valence-electron chi connectivity index (χ4n) is 1.58. The first-order valence-electron chi connectivity index (χ1n) is 4.19. The number of hydrogen-bond acceptors (Lipinski definition) is 2. The number of H-pyrrole nitrogens is 1. The van der Waals surface area contributed by atoms with Crippen molar-refractivity contribution in [1.82, 2.24) is 20.0 Å². The summed E-state index contributed by atoms with van der Waals surface area (Å²) in [7, 11) is 1.95. The fraction of sp³-hybridized carbons (Fsp3) is 0.333. The number of nitrogens with one attached hydrogen (secondary N) is 1. The van der Waals surface area contributed by atoms with Crippen LogP contribution in [0.4, 0.5) is 0 Å². The van der Waals surface area contributed by atoms with Crippen molar-refractivity contribution in [2.75, 3.05) is 0 Å². The van der Waals surface area contributed by atoms with Crippen molar-refractivity contribution in [2.24, 2.45) is 7.05 Å². The number of nitrogens with zero attached hydrogens (tertiary/aromatic N) is 3. The van der Waals surface area contributed by atoms with Crippen LogP contribution in [0.3, 0.4) is 0 Å². The summed E-state index contributed by atoms with van der Waals surface area (Å²) in [5, 5.41) is 11.1. The van der Waals surface area contributed by atoms with Gasteiger partial charge in [-0.3, -0.25) is 9.78 Å². The SMILES string of the molecule is Cc1nn(C)c(C)c1-c1cn[nH]c1. The van der Waals surface area contributed by atoms with Crippen LogP contribution in [0, 0.1) is 13.8 Å². The van der Waals surface area contributed by atoms with Gasteiger partial charge in [0, 0.05) is 30.1 Å². The summed E-state index contributed by atoms with van der Waals surface area (Å²) in [5.74, 6) is 0. The van der Waals surface area contributed by atoms with Crippen molar-refractivity contribution >= 4 is 0 Å². The highest BCUT2D eigenvalue weighted by Gasteiger charge is 2.11. The molecule has 2 aromatic heterocycles. The molecule has 4 nitrogen and oxygen atoms in total. The van der Waals surface area contributed by atoms with Gasteiger partial charge in [0.25, 0.3) is 0 Å². The van der Waals surface area contributed by atoms with E-state index in [0.29, 0.717) is 0 Å². The predicted octanol–water partition coefficient (Wildman–Crippen LogP) is 1.43. The second kappa shape index (κ2) is 2.73. The minimum absolute atomic E-state index is 1.04. The van der Waals surface area contributed by atoms with Gasteiger partial charge in [0.2, 0.25) is 0 Å². The predicted molar refractivity (Wildman–Crippen MR) is 50.3 cm³/mol. The second-order valence-corrected chi connectivity index (χ2v) is 3.16. The molecule has 2 aromatic rings. The molecule has 0 aromatic carbocycles. The van der Waals surface area contributed by atoms with Crippen molar-refractivity contribution in [3.05, 3.63) is 23.8 Å². The van der Waals surface area contributed by atoms with Crippen molar-refractivity contribution in [3.63, 3.8) is 0 Å². The van der Waals surface area contributed by atoms with Crippen LogP contribution in [0.25, 0.3) is 11.1 Å². The quantitative estimate of drug-likeness (QED) is 0.714. The first-order chi connectivity index (χ1) is 6.20. The summed E-state index contributed by atoms with van der Waals surface area (Å²) in [4.78, 5) is 0. The van der Waals surface area contributed by atoms with Crippen molar-refractivity contribution in [2.45, 2.75) is 13.8 Å². The summed E-state index contributed by atoms with van der Waals surface area (Å²) in [6.07, 6.45) is 3.70. The van der Waals surface area contributed by atoms with Gasteiger partial charge in [0.15, 0.2) is 0 Å². The standard InChI is InChI=1S/C9H12N4/c1-6-9(7(2)13(3)12-6)8-4-10-11-5-8/h4-5H,1-3H3,(H,10,11). The molecule has 0 fully saturated rings. The van der Waals surface area contributed by atoms with E-state index in [1.165, 1.54) is 11.3 Å². The van der Waals surface area contributed by atoms with Gasteiger partial charge in [-0.2, -0.15) is 10.2 Å². The maximum Gasteiger partial charge on any atom is 0.0675 e. The normalized spacial score (nSPS) is 10.7. The molecule has 68 valence electrons. The van der Waals surface area contributed by atoms with E-state index < -0.39 is 0 Å². The number of rotatable bonds is 1. The molecule has 0 aliphatic rings. The van der Waals surface area contributed by atoms with E-state index >= 15 is 0 Å². The van der Waals surface area contributed by atoms with Gasteiger partial charge in [0.05, 0.1) is 11.9 Å². The maximum atomic E-state index is 4.34. The van der Waals surface area contributed by atoms with Gasteiger partial charge < -0.3 is 0 Å². The highest BCUT2D eigenvalue weighted by atomic mass is 15.3. The fourth-order valence-corrected chi connectivity index (χ4v) is 1.58. The van der Waals surface area contributed by atoms with E-state index in [0.717, 1.165) is 11.3 Å². The Hall–Kier alpha value is -1.58. The highest BCUT2D eigenvalue weighted by molar-refractivity contribution is 5.66. The highest BCUT2D eigenvalue weighted by Crippen LogP contribution is 2.24. The van der Waals surface area contributed by atoms with E-state index in [1.807, 2.05) is 31.0 Å². The van der Waals surface area contributed by atoms with Gasteiger partial charge in [0.1, 0.15) is 0 Å². The largest absolute Gasteiger partial charge is 0.285 e. The van der Waals surface area contributed by atoms with Crippen molar-refractivity contribution in [1.29, 1.82) is 0 Å². The molecule has 1 N–H and O–H groups in total. The molecule has 4 heteroatoms. The third-order valence-electron chi connectivity index (χ3n) is 2.30. The number of aromatic nitrogens is 4. The minimum Gasteiger partial charge on any atom is -0.285 e. The van der Waals surface area contributed by atoms with E-state index in [9.17, 15) is 0 Å². The molecule has 0 aliphatic heterocycles. The Bertz CT molecular complexity index is 411. The summed E-state index contributed by atoms with van der Waals surface area (Å²) in [6, 6.07) is 0. The van der Waals surface area contributed by atoms with Crippen molar-refractivity contribution < 1.29 is 0 Å². The van der Waals surface area contributed by atoms with Crippen LogP contribution >= 0.6 is 0 Å². The molecule has 2 heterocycles. The average Bonchev–Trinajstić information content (AvgIpc) is 2.63. The zero-order chi connectivity index (χ0) is 9.42. The summed E-state index contributed by atoms with van der Waals surface area (Å²) < 4.78 is 1.89. The molecular weight excluding hydrogens is 164 g/mol. The third-order valence-corrected chi connectivity index (χ3v) is 2.30. The van der Waals surface area contributed by atoms with Crippen LogP contribution in [0.2, 0.25) is 0 Å². The second-order valence-electron chi connectivity index (χ2n) is 3.16. The Balaban J connectivity index is 2.64. The lowest BCUT2D eigenvalue weighted by Gasteiger charge is -1.96. The molecule has 2 rings (SSSR count). The Morgan fingerprint density at radius 1 is 1.38 bits per heavy atom. The molecule has 13 heavy (non-hydrogen) atoms. The zero-order valence-electron chi connectivity index (χ0n) is 8.00. The third kappa shape index (κ3) is 1.14. The van der Waals surface area contributed by atoms with Crippen LogP contribution < -0.4 is 0 Å². The molecule has 0 atom stereocenters. The molecule has 0 aliphatic carbocycles. The molecule has 0 unspecified atom stereocenters. The molecule has 0 amide bonds. The number of aromatic amines is 1. The number of aryl methyl sites for hydroxylation is 2. The Morgan fingerprint density at radius 3 is 2.62 bits per heavy atom. The smallest absolute Gasteiger partial charge is 0.0675 e. The molecule has 0 spiro atoms. The minimum atomic E-state index is 1.04. The Morgan fingerprint density at radius 2 is 2.15 bits per heavy atom. The summed E-state index contributed by atoms with van der Waals surface area (Å²) in [6.45, 7) is 4.07. The van der Waals surface area contributed by atoms with Gasteiger partial charge in [-0.25, -0.2) is 0 Å². The van der Waals surface area contributed by atoms with Gasteiger partial charge in [-0.05, 0) is 13.8 Å². The lowest BCUT2D eigenvalue weighted by molar-refractivity contribution is 0.731. The Kier molecular flexibility index (Phi) is 1.69. The average molecular weight is 176 g/mol. The van der Waals surface area contributed by atoms with Crippen LogP contribution in [0.5, 0.6) is 0 Å². The van der Waals surface area contributed by atoms with Gasteiger partial charge in [-0.15, -0.1) is 0 Å². The van der Waals surface area contributed by atoms with E-state index in [-0.39, 0.29) is 0 Å². The van der Waals surface area contributed by atoms with Crippen LogP contribution in [0.15, 0.2) is 12.4 Å². The lowest BCUT2D eigenvalue weighted by Crippen LogP contribution is -1.92. The lowest BCUT2D eigenvalue weighted by atomic mass is 10.1. The number of hydrogen-bond donors (Lipinski definition) is 1. The zero-order valence-corrected chi connectivity index (χ0v) is 8.00. The Labute approximate surface area is 76.6 Å². The topological polar surface area (TPSA) is 46.5 Å². The molecular formula is C9H12N4. The van der Waals surface area contributed by atoms with Crippen LogP contribution in [-0.4, -0.2) is 20.0 Å². The molecule has 0 radical (unpaired) electrons. The van der Waals surface area contributed by atoms with Crippen LogP contribution in [0.1, 0.15) is 11.4 Å². The van der Waals surface area contributed by atoms with Gasteiger partial charge >= 0.3 is 0 Å².